The Kier molecular flexibility index (Phi) is 5.54. The van der Waals surface area contributed by atoms with E-state index in [0.717, 1.165) is 49.1 Å². The molecule has 4 rings (SSSR count). The van der Waals surface area contributed by atoms with E-state index in [2.05, 4.69) is 25.6 Å². The Labute approximate surface area is 163 Å². The predicted octanol–water partition coefficient (Wildman–Crippen LogP) is -0.359. The molecule has 0 spiro atoms. The van der Waals surface area contributed by atoms with E-state index in [9.17, 15) is 9.59 Å². The molecular weight excluding hydrogens is 358 g/mol. The monoisotopic (exact) mass is 385 g/mol. The van der Waals surface area contributed by atoms with Crippen molar-refractivity contribution in [1.82, 2.24) is 30.5 Å². The van der Waals surface area contributed by atoms with Crippen LogP contribution in [0.1, 0.15) is 24.8 Å². The molecule has 2 aromatic rings. The molecule has 4 N–H and O–H groups in total. The number of primary amides is 1. The van der Waals surface area contributed by atoms with Crippen molar-refractivity contribution in [2.24, 2.45) is 5.73 Å². The number of nitrogens with zero attached hydrogens (tertiary/aromatic N) is 4. The summed E-state index contributed by atoms with van der Waals surface area (Å²) in [5, 5.41) is 14.1. The average molecular weight is 385 g/mol. The number of hydrogen-bond acceptors (Lipinski definition) is 6. The molecule has 0 aliphatic carbocycles. The number of nitrogens with two attached hydrogens (primary N) is 1. The standard InChI is InChI=1S/C19H27N7O2/c20-19(28)17-12-25(14-5-7-21-8-6-14)9-10-26(17)18(27)4-2-13-1-3-15-16(11-13)23-24-22-15/h1,3,11,14,17,21H,2,4-10,12H2,(H2,20,28)(H,22,23,24). The Balaban J connectivity index is 1.37. The molecule has 2 saturated heterocycles. The lowest BCUT2D eigenvalue weighted by Gasteiger charge is -2.44. The van der Waals surface area contributed by atoms with Crippen molar-refractivity contribution in [2.75, 3.05) is 32.7 Å². The van der Waals surface area contributed by atoms with E-state index in [4.69, 9.17) is 5.73 Å². The highest BCUT2D eigenvalue weighted by Gasteiger charge is 2.36. The third kappa shape index (κ3) is 4.00. The number of benzene rings is 1. The normalized spacial score (nSPS) is 21.9. The molecule has 28 heavy (non-hydrogen) atoms. The van der Waals surface area contributed by atoms with Gasteiger partial charge in [-0.05, 0) is 50.0 Å². The molecule has 0 bridgehead atoms. The number of aromatic amines is 1. The molecule has 1 aromatic heterocycles. The van der Waals surface area contributed by atoms with Gasteiger partial charge in [0.1, 0.15) is 17.1 Å². The second kappa shape index (κ2) is 8.24. The van der Waals surface area contributed by atoms with E-state index < -0.39 is 11.9 Å². The number of piperazine rings is 1. The number of nitrogens with one attached hydrogen (secondary N) is 2. The Bertz CT molecular complexity index is 846. The Hall–Kier alpha value is -2.52. The number of amides is 2. The molecule has 0 saturated carbocycles. The molecule has 9 heteroatoms. The SMILES string of the molecule is NC(=O)C1CN(C2CCNCC2)CCN1C(=O)CCc1ccc2n[nH]nc2c1. The van der Waals surface area contributed by atoms with Gasteiger partial charge in [-0.25, -0.2) is 0 Å². The van der Waals surface area contributed by atoms with Gasteiger partial charge < -0.3 is 16.0 Å². The van der Waals surface area contributed by atoms with Crippen molar-refractivity contribution < 1.29 is 9.59 Å². The summed E-state index contributed by atoms with van der Waals surface area (Å²) in [5.74, 6) is -0.440. The van der Waals surface area contributed by atoms with Gasteiger partial charge in [-0.1, -0.05) is 6.07 Å². The number of aryl methyl sites for hydroxylation is 1. The number of rotatable bonds is 5. The van der Waals surface area contributed by atoms with Crippen LogP contribution in [0.25, 0.3) is 11.0 Å². The minimum Gasteiger partial charge on any atom is -0.368 e. The summed E-state index contributed by atoms with van der Waals surface area (Å²) in [6.07, 6.45) is 3.09. The molecule has 1 aromatic carbocycles. The van der Waals surface area contributed by atoms with Gasteiger partial charge in [0, 0.05) is 32.1 Å². The summed E-state index contributed by atoms with van der Waals surface area (Å²) in [4.78, 5) is 28.9. The van der Waals surface area contributed by atoms with Crippen LogP contribution in [0, 0.1) is 0 Å². The van der Waals surface area contributed by atoms with E-state index in [-0.39, 0.29) is 5.91 Å². The highest BCUT2D eigenvalue weighted by atomic mass is 16.2. The number of H-pyrrole nitrogens is 1. The molecule has 2 fully saturated rings. The van der Waals surface area contributed by atoms with Crippen LogP contribution in [0.15, 0.2) is 18.2 Å². The van der Waals surface area contributed by atoms with Crippen LogP contribution in [0.3, 0.4) is 0 Å². The third-order valence-electron chi connectivity index (χ3n) is 5.89. The first-order valence-corrected chi connectivity index (χ1v) is 9.95. The predicted molar refractivity (Wildman–Crippen MR) is 104 cm³/mol. The fourth-order valence-corrected chi connectivity index (χ4v) is 4.29. The maximum Gasteiger partial charge on any atom is 0.241 e. The van der Waals surface area contributed by atoms with Crippen LogP contribution in [0.5, 0.6) is 0 Å². The van der Waals surface area contributed by atoms with Gasteiger partial charge in [-0.3, -0.25) is 14.5 Å². The summed E-state index contributed by atoms with van der Waals surface area (Å²) in [6, 6.07) is 5.71. The number of piperidine rings is 1. The van der Waals surface area contributed by atoms with Gasteiger partial charge >= 0.3 is 0 Å². The highest BCUT2D eigenvalue weighted by molar-refractivity contribution is 5.87. The first-order chi connectivity index (χ1) is 13.6. The molecule has 9 nitrogen and oxygen atoms in total. The zero-order chi connectivity index (χ0) is 19.5. The van der Waals surface area contributed by atoms with Crippen LogP contribution < -0.4 is 11.1 Å². The maximum absolute atomic E-state index is 12.8. The van der Waals surface area contributed by atoms with Crippen molar-refractivity contribution in [1.29, 1.82) is 0 Å². The van der Waals surface area contributed by atoms with Crippen LogP contribution in [0.2, 0.25) is 0 Å². The van der Waals surface area contributed by atoms with E-state index in [1.54, 1.807) is 4.90 Å². The van der Waals surface area contributed by atoms with E-state index >= 15 is 0 Å². The quantitative estimate of drug-likeness (QED) is 0.647. The van der Waals surface area contributed by atoms with Crippen LogP contribution >= 0.6 is 0 Å². The van der Waals surface area contributed by atoms with Crippen molar-refractivity contribution >= 4 is 22.8 Å². The van der Waals surface area contributed by atoms with Crippen LogP contribution in [0.4, 0.5) is 0 Å². The van der Waals surface area contributed by atoms with E-state index in [1.807, 2.05) is 18.2 Å². The van der Waals surface area contributed by atoms with E-state index in [0.29, 0.717) is 32.0 Å². The third-order valence-corrected chi connectivity index (χ3v) is 5.89. The minimum absolute atomic E-state index is 0.0194. The van der Waals surface area contributed by atoms with Gasteiger partial charge in [0.2, 0.25) is 11.8 Å². The molecule has 1 unspecified atom stereocenters. The highest BCUT2D eigenvalue weighted by Crippen LogP contribution is 2.19. The van der Waals surface area contributed by atoms with Gasteiger partial charge in [-0.2, -0.15) is 15.4 Å². The molecule has 2 aliphatic rings. The maximum atomic E-state index is 12.8. The van der Waals surface area contributed by atoms with Gasteiger partial charge in [0.25, 0.3) is 0 Å². The van der Waals surface area contributed by atoms with E-state index in [1.165, 1.54) is 0 Å². The molecule has 3 heterocycles. The molecule has 0 radical (unpaired) electrons. The van der Waals surface area contributed by atoms with Gasteiger partial charge in [0.15, 0.2) is 0 Å². The lowest BCUT2D eigenvalue weighted by atomic mass is 10.0. The number of aromatic nitrogens is 3. The van der Waals surface area contributed by atoms with Gasteiger partial charge in [-0.15, -0.1) is 0 Å². The Morgan fingerprint density at radius 3 is 2.71 bits per heavy atom. The number of carbonyl (C=O) groups excluding carboxylic acids is 2. The van der Waals surface area contributed by atoms with Crippen molar-refractivity contribution in [3.05, 3.63) is 23.8 Å². The Morgan fingerprint density at radius 1 is 1.14 bits per heavy atom. The zero-order valence-corrected chi connectivity index (χ0v) is 15.9. The van der Waals surface area contributed by atoms with Crippen molar-refractivity contribution in [2.45, 2.75) is 37.8 Å². The van der Waals surface area contributed by atoms with Crippen LogP contribution in [-0.4, -0.2) is 81.8 Å². The molecule has 1 atom stereocenters. The molecular formula is C19H27N7O2. The fraction of sp³-hybridized carbons (Fsp3) is 0.579. The summed E-state index contributed by atoms with van der Waals surface area (Å²) in [5.41, 5.74) is 8.27. The number of fused-ring (bicyclic) bond motifs is 1. The van der Waals surface area contributed by atoms with Crippen molar-refractivity contribution in [3.63, 3.8) is 0 Å². The Morgan fingerprint density at radius 2 is 1.93 bits per heavy atom. The number of hydrogen-bond donors (Lipinski definition) is 3. The molecule has 2 aliphatic heterocycles. The smallest absolute Gasteiger partial charge is 0.241 e. The summed E-state index contributed by atoms with van der Waals surface area (Å²) in [6.45, 7) is 3.89. The lowest BCUT2D eigenvalue weighted by Crippen LogP contribution is -2.62. The van der Waals surface area contributed by atoms with Crippen molar-refractivity contribution in [3.8, 4) is 0 Å². The molecule has 150 valence electrons. The zero-order valence-electron chi connectivity index (χ0n) is 15.9. The first kappa shape index (κ1) is 18.8. The summed E-state index contributed by atoms with van der Waals surface area (Å²) in [7, 11) is 0. The first-order valence-electron chi connectivity index (χ1n) is 9.95. The largest absolute Gasteiger partial charge is 0.368 e. The minimum atomic E-state index is -0.547. The summed E-state index contributed by atoms with van der Waals surface area (Å²) < 4.78 is 0. The second-order valence-electron chi connectivity index (χ2n) is 7.63. The van der Waals surface area contributed by atoms with Gasteiger partial charge in [0.05, 0.1) is 0 Å². The lowest BCUT2D eigenvalue weighted by molar-refractivity contribution is -0.143. The molecule has 2 amide bonds. The fourth-order valence-electron chi connectivity index (χ4n) is 4.29. The average Bonchev–Trinajstić information content (AvgIpc) is 3.20. The number of carbonyl (C=O) groups is 2. The summed E-state index contributed by atoms with van der Waals surface area (Å²) >= 11 is 0. The topological polar surface area (TPSA) is 120 Å². The van der Waals surface area contributed by atoms with Crippen LogP contribution in [-0.2, 0) is 16.0 Å². The second-order valence-corrected chi connectivity index (χ2v) is 7.63.